The Kier molecular flexibility index (Phi) is 4.63. The smallest absolute Gasteiger partial charge is 0.173 e. The lowest BCUT2D eigenvalue weighted by Crippen LogP contribution is -2.47. The molecule has 0 spiro atoms. The van der Waals surface area contributed by atoms with E-state index in [0.717, 1.165) is 29.1 Å². The summed E-state index contributed by atoms with van der Waals surface area (Å²) in [5.74, 6) is 0.846. The largest absolute Gasteiger partial charge is 0.497 e. The van der Waals surface area contributed by atoms with Crippen LogP contribution in [0.1, 0.15) is 32.4 Å². The molecule has 1 heterocycles. The maximum absolute atomic E-state index is 12.1. The highest BCUT2D eigenvalue weighted by Gasteiger charge is 2.31. The third-order valence-electron chi connectivity index (χ3n) is 3.74. The van der Waals surface area contributed by atoms with Crippen LogP contribution in [-0.4, -0.2) is 29.5 Å². The van der Waals surface area contributed by atoms with E-state index in [1.165, 1.54) is 0 Å². The van der Waals surface area contributed by atoms with Crippen LogP contribution in [0.5, 0.6) is 5.75 Å². The van der Waals surface area contributed by atoms with Crippen LogP contribution >= 0.6 is 12.2 Å². The first-order chi connectivity index (χ1) is 9.99. The van der Waals surface area contributed by atoms with Crippen molar-refractivity contribution in [2.45, 2.75) is 26.8 Å². The van der Waals surface area contributed by atoms with E-state index in [1.54, 1.807) is 14.0 Å². The molecule has 1 atom stereocenters. The minimum Gasteiger partial charge on any atom is -0.497 e. The minimum atomic E-state index is -0.205. The number of nitrogens with zero attached hydrogens (tertiary/aromatic N) is 1. The summed E-state index contributed by atoms with van der Waals surface area (Å²) in [4.78, 5) is 14.0. The van der Waals surface area contributed by atoms with Crippen molar-refractivity contribution in [3.05, 3.63) is 41.1 Å². The number of ether oxygens (including phenoxy) is 1. The first-order valence-corrected chi connectivity index (χ1v) is 7.34. The van der Waals surface area contributed by atoms with Crippen LogP contribution in [-0.2, 0) is 4.79 Å². The Morgan fingerprint density at radius 1 is 1.38 bits per heavy atom. The fourth-order valence-corrected chi connectivity index (χ4v) is 3.05. The van der Waals surface area contributed by atoms with Gasteiger partial charge in [0.25, 0.3) is 0 Å². The van der Waals surface area contributed by atoms with Gasteiger partial charge in [-0.15, -0.1) is 0 Å². The monoisotopic (exact) mass is 304 g/mol. The first kappa shape index (κ1) is 15.5. The van der Waals surface area contributed by atoms with Crippen molar-refractivity contribution in [2.24, 2.45) is 0 Å². The van der Waals surface area contributed by atoms with Crippen LogP contribution in [0.2, 0.25) is 0 Å². The van der Waals surface area contributed by atoms with Gasteiger partial charge in [0.1, 0.15) is 5.75 Å². The number of methoxy groups -OCH3 is 1. The van der Waals surface area contributed by atoms with Gasteiger partial charge in [-0.25, -0.2) is 0 Å². The number of Topliss-reactive ketones (excluding diaryl/α,β-unsaturated/α-hetero) is 1. The van der Waals surface area contributed by atoms with Crippen LogP contribution in [0, 0.1) is 0 Å². The van der Waals surface area contributed by atoms with Gasteiger partial charge < -0.3 is 15.0 Å². The van der Waals surface area contributed by atoms with Crippen LogP contribution in [0.15, 0.2) is 35.5 Å². The molecule has 112 valence electrons. The van der Waals surface area contributed by atoms with Crippen molar-refractivity contribution in [1.29, 1.82) is 0 Å². The fourth-order valence-electron chi connectivity index (χ4n) is 2.67. The molecule has 1 aromatic carbocycles. The Hall–Kier alpha value is -1.88. The lowest BCUT2D eigenvalue weighted by Gasteiger charge is -2.37. The van der Waals surface area contributed by atoms with E-state index in [9.17, 15) is 4.79 Å². The second-order valence-corrected chi connectivity index (χ2v) is 5.34. The van der Waals surface area contributed by atoms with E-state index in [4.69, 9.17) is 17.0 Å². The van der Waals surface area contributed by atoms with Gasteiger partial charge in [-0.2, -0.15) is 0 Å². The van der Waals surface area contributed by atoms with E-state index >= 15 is 0 Å². The molecule has 1 unspecified atom stereocenters. The van der Waals surface area contributed by atoms with E-state index in [2.05, 4.69) is 5.32 Å². The number of ketones is 1. The topological polar surface area (TPSA) is 41.6 Å². The zero-order valence-electron chi connectivity index (χ0n) is 12.8. The zero-order valence-corrected chi connectivity index (χ0v) is 13.6. The van der Waals surface area contributed by atoms with E-state index in [0.29, 0.717) is 5.11 Å². The maximum atomic E-state index is 12.1. The summed E-state index contributed by atoms with van der Waals surface area (Å²) in [5, 5.41) is 3.92. The molecule has 1 aliphatic heterocycles. The molecule has 1 aromatic rings. The number of hydrogen-bond donors (Lipinski definition) is 1. The summed E-state index contributed by atoms with van der Waals surface area (Å²) in [6.07, 6.45) is 0. The second-order valence-electron chi connectivity index (χ2n) is 4.96. The third kappa shape index (κ3) is 2.93. The van der Waals surface area contributed by atoms with Crippen molar-refractivity contribution in [2.75, 3.05) is 13.7 Å². The molecule has 0 fully saturated rings. The quantitative estimate of drug-likeness (QED) is 0.866. The minimum absolute atomic E-state index is 0.0572. The summed E-state index contributed by atoms with van der Waals surface area (Å²) in [6, 6.07) is 7.48. The lowest BCUT2D eigenvalue weighted by molar-refractivity contribution is -0.114. The molecular formula is C16H20N2O2S. The highest BCUT2D eigenvalue weighted by Crippen LogP contribution is 2.31. The SMILES string of the molecule is CCN1C(=S)NC(c2ccc(OC)cc2)C(C(C)=O)=C1C. The predicted octanol–water partition coefficient (Wildman–Crippen LogP) is 2.81. The number of hydrogen-bond acceptors (Lipinski definition) is 3. The van der Waals surface area contributed by atoms with E-state index in [-0.39, 0.29) is 11.8 Å². The average molecular weight is 304 g/mol. The van der Waals surface area contributed by atoms with Gasteiger partial charge in [0.2, 0.25) is 0 Å². The molecule has 0 aromatic heterocycles. The van der Waals surface area contributed by atoms with Gasteiger partial charge in [0.05, 0.1) is 13.2 Å². The predicted molar refractivity (Wildman–Crippen MR) is 87.2 cm³/mol. The Bertz CT molecular complexity index is 593. The molecule has 0 amide bonds. The maximum Gasteiger partial charge on any atom is 0.173 e. The molecule has 0 saturated heterocycles. The van der Waals surface area contributed by atoms with Gasteiger partial charge in [-0.1, -0.05) is 12.1 Å². The van der Waals surface area contributed by atoms with Crippen molar-refractivity contribution in [3.63, 3.8) is 0 Å². The summed E-state index contributed by atoms with van der Waals surface area (Å²) in [5.41, 5.74) is 2.68. The van der Waals surface area contributed by atoms with Crippen LogP contribution in [0.3, 0.4) is 0 Å². The third-order valence-corrected chi connectivity index (χ3v) is 4.08. The van der Waals surface area contributed by atoms with Crippen LogP contribution in [0.4, 0.5) is 0 Å². The Morgan fingerprint density at radius 3 is 2.48 bits per heavy atom. The molecule has 21 heavy (non-hydrogen) atoms. The summed E-state index contributed by atoms with van der Waals surface area (Å²) < 4.78 is 5.17. The standard InChI is InChI=1S/C16H20N2O2S/c1-5-18-10(2)14(11(3)19)15(17-16(18)21)12-6-8-13(20-4)9-7-12/h6-9,15H,5H2,1-4H3,(H,17,21). The van der Waals surface area contributed by atoms with Crippen molar-refractivity contribution in [3.8, 4) is 5.75 Å². The average Bonchev–Trinajstić information content (AvgIpc) is 2.46. The highest BCUT2D eigenvalue weighted by atomic mass is 32.1. The van der Waals surface area contributed by atoms with Crippen molar-refractivity contribution in [1.82, 2.24) is 10.2 Å². The summed E-state index contributed by atoms with van der Waals surface area (Å²) >= 11 is 5.41. The van der Waals surface area contributed by atoms with E-state index < -0.39 is 0 Å². The molecule has 5 heteroatoms. The molecule has 1 aliphatic rings. The van der Waals surface area contributed by atoms with Crippen LogP contribution in [0.25, 0.3) is 0 Å². The molecule has 0 bridgehead atoms. The number of carbonyl (C=O) groups excluding carboxylic acids is 1. The Balaban J connectivity index is 2.47. The normalized spacial score (nSPS) is 18.6. The molecule has 0 radical (unpaired) electrons. The zero-order chi connectivity index (χ0) is 15.6. The molecular weight excluding hydrogens is 284 g/mol. The van der Waals surface area contributed by atoms with Gasteiger partial charge in [-0.3, -0.25) is 4.79 Å². The van der Waals surface area contributed by atoms with Gasteiger partial charge in [0, 0.05) is 17.8 Å². The summed E-state index contributed by atoms with van der Waals surface area (Å²) in [7, 11) is 1.63. The number of rotatable bonds is 4. The van der Waals surface area contributed by atoms with Crippen LogP contribution < -0.4 is 10.1 Å². The number of allylic oxidation sites excluding steroid dienone is 1. The second kappa shape index (κ2) is 6.26. The molecule has 0 saturated carbocycles. The van der Waals surface area contributed by atoms with E-state index in [1.807, 2.05) is 43.0 Å². The number of thiocarbonyl (C=S) groups is 1. The van der Waals surface area contributed by atoms with Gasteiger partial charge >= 0.3 is 0 Å². The Morgan fingerprint density at radius 2 is 2.00 bits per heavy atom. The highest BCUT2D eigenvalue weighted by molar-refractivity contribution is 7.80. The van der Waals surface area contributed by atoms with Crippen molar-refractivity contribution >= 4 is 23.1 Å². The van der Waals surface area contributed by atoms with Gasteiger partial charge in [0.15, 0.2) is 10.9 Å². The number of benzene rings is 1. The molecule has 0 aliphatic carbocycles. The fraction of sp³-hybridized carbons (Fsp3) is 0.375. The van der Waals surface area contributed by atoms with Crippen molar-refractivity contribution < 1.29 is 9.53 Å². The molecule has 4 nitrogen and oxygen atoms in total. The van der Waals surface area contributed by atoms with Gasteiger partial charge in [-0.05, 0) is 50.7 Å². The molecule has 1 N–H and O–H groups in total. The number of carbonyl (C=O) groups is 1. The summed E-state index contributed by atoms with van der Waals surface area (Å²) in [6.45, 7) is 6.30. The molecule has 2 rings (SSSR count). The Labute approximate surface area is 130 Å². The lowest BCUT2D eigenvalue weighted by atomic mass is 9.92. The number of nitrogens with one attached hydrogen (secondary N) is 1. The first-order valence-electron chi connectivity index (χ1n) is 6.93.